The van der Waals surface area contributed by atoms with Crippen molar-refractivity contribution in [2.75, 3.05) is 0 Å². The van der Waals surface area contributed by atoms with Gasteiger partial charge >= 0.3 is 0 Å². The molecule has 6 rings (SSSR count). The van der Waals surface area contributed by atoms with E-state index in [1.54, 1.807) is 6.20 Å². The largest absolute Gasteiger partial charge is 0.438 e. The van der Waals surface area contributed by atoms with E-state index in [4.69, 9.17) is 9.40 Å². The van der Waals surface area contributed by atoms with Crippen molar-refractivity contribution in [3.63, 3.8) is 0 Å². The van der Waals surface area contributed by atoms with Crippen molar-refractivity contribution in [2.45, 2.75) is 0 Å². The third-order valence-corrected chi connectivity index (χ3v) is 4.79. The lowest BCUT2D eigenvalue weighted by Gasteiger charge is -1.97. The molecule has 0 aliphatic carbocycles. The Morgan fingerprint density at radius 2 is 1.83 bits per heavy atom. The molecule has 6 aromatic rings. The lowest BCUT2D eigenvalue weighted by atomic mass is 10.2. The van der Waals surface area contributed by atoms with E-state index in [1.165, 1.54) is 0 Å². The van der Waals surface area contributed by atoms with Crippen molar-refractivity contribution in [2.24, 2.45) is 7.05 Å². The number of nitrogens with zero attached hydrogens (tertiary/aromatic N) is 4. The van der Waals surface area contributed by atoms with Crippen molar-refractivity contribution in [3.8, 4) is 0 Å². The molecule has 0 atom stereocenters. The summed E-state index contributed by atoms with van der Waals surface area (Å²) >= 11 is 0. The van der Waals surface area contributed by atoms with Gasteiger partial charge in [0.15, 0.2) is 0 Å². The fraction of sp³-hybridized carbons (Fsp3) is 0.0526. The molecule has 0 radical (unpaired) electrons. The van der Waals surface area contributed by atoms with Crippen molar-refractivity contribution >= 4 is 49.9 Å². The molecule has 2 aromatic carbocycles. The summed E-state index contributed by atoms with van der Waals surface area (Å²) in [6.07, 6.45) is 1.76. The lowest BCUT2D eigenvalue weighted by Crippen LogP contribution is -1.87. The van der Waals surface area contributed by atoms with Gasteiger partial charge in [0.2, 0.25) is 11.5 Å². The summed E-state index contributed by atoms with van der Waals surface area (Å²) in [5, 5.41) is 2.12. The Morgan fingerprint density at radius 3 is 2.79 bits per heavy atom. The Kier molecular flexibility index (Phi) is 1.99. The Morgan fingerprint density at radius 1 is 0.917 bits per heavy atom. The maximum absolute atomic E-state index is 5.95. The highest BCUT2D eigenvalue weighted by Gasteiger charge is 2.16. The normalized spacial score (nSPS) is 12.4. The van der Waals surface area contributed by atoms with Crippen LogP contribution in [0.3, 0.4) is 0 Å². The number of benzene rings is 2. The number of rotatable bonds is 0. The van der Waals surface area contributed by atoms with E-state index in [0.29, 0.717) is 5.71 Å². The second-order valence-electron chi connectivity index (χ2n) is 6.09. The molecule has 4 aromatic heterocycles. The summed E-state index contributed by atoms with van der Waals surface area (Å²) in [5.74, 6) is 0.932. The number of imidazole rings is 2. The molecule has 24 heavy (non-hydrogen) atoms. The first kappa shape index (κ1) is 12.1. The van der Waals surface area contributed by atoms with Crippen molar-refractivity contribution in [3.05, 3.63) is 54.7 Å². The molecule has 0 aliphatic rings. The van der Waals surface area contributed by atoms with Crippen molar-refractivity contribution in [1.29, 1.82) is 0 Å². The van der Waals surface area contributed by atoms with Crippen LogP contribution in [0.5, 0.6) is 0 Å². The molecule has 5 nitrogen and oxygen atoms in total. The van der Waals surface area contributed by atoms with Crippen LogP contribution >= 0.6 is 0 Å². The van der Waals surface area contributed by atoms with Gasteiger partial charge in [-0.05, 0) is 30.3 Å². The van der Waals surface area contributed by atoms with E-state index < -0.39 is 0 Å². The van der Waals surface area contributed by atoms with Crippen LogP contribution in [0.4, 0.5) is 0 Å². The van der Waals surface area contributed by atoms with Gasteiger partial charge in [-0.25, -0.2) is 9.97 Å². The molecule has 0 N–H and O–H groups in total. The van der Waals surface area contributed by atoms with Crippen molar-refractivity contribution < 1.29 is 4.42 Å². The van der Waals surface area contributed by atoms with Crippen LogP contribution in [-0.4, -0.2) is 18.9 Å². The Bertz CT molecular complexity index is 1420. The van der Waals surface area contributed by atoms with Crippen LogP contribution in [-0.2, 0) is 7.05 Å². The maximum Gasteiger partial charge on any atom is 0.227 e. The number of hydrogen-bond acceptors (Lipinski definition) is 3. The number of aryl methyl sites for hydroxylation is 1. The third kappa shape index (κ3) is 1.31. The van der Waals surface area contributed by atoms with Crippen LogP contribution in [0.1, 0.15) is 0 Å². The average molecular weight is 312 g/mol. The zero-order valence-corrected chi connectivity index (χ0v) is 12.9. The Balaban J connectivity index is 1.90. The Hall–Kier alpha value is -3.34. The van der Waals surface area contributed by atoms with E-state index in [9.17, 15) is 0 Å². The van der Waals surface area contributed by atoms with E-state index in [2.05, 4.69) is 39.2 Å². The predicted octanol–water partition coefficient (Wildman–Crippen LogP) is 4.27. The van der Waals surface area contributed by atoms with Crippen LogP contribution in [0.25, 0.3) is 49.9 Å². The number of furan rings is 1. The zero-order valence-electron chi connectivity index (χ0n) is 12.9. The molecule has 114 valence electrons. The van der Waals surface area contributed by atoms with E-state index in [0.717, 1.165) is 44.2 Å². The second-order valence-corrected chi connectivity index (χ2v) is 6.09. The summed E-state index contributed by atoms with van der Waals surface area (Å²) in [4.78, 5) is 9.10. The van der Waals surface area contributed by atoms with Crippen LogP contribution in [0.2, 0.25) is 0 Å². The van der Waals surface area contributed by atoms with E-state index in [1.807, 2.05) is 30.3 Å². The first-order valence-electron chi connectivity index (χ1n) is 7.84. The van der Waals surface area contributed by atoms with Gasteiger partial charge in [-0.1, -0.05) is 12.1 Å². The third-order valence-electron chi connectivity index (χ3n) is 4.79. The summed E-state index contributed by atoms with van der Waals surface area (Å²) in [6, 6.07) is 16.4. The summed E-state index contributed by atoms with van der Waals surface area (Å²) in [5.41, 5.74) is 5.84. The molecule has 4 heterocycles. The van der Waals surface area contributed by atoms with Gasteiger partial charge in [0.05, 0.1) is 22.1 Å². The number of pyridine rings is 1. The van der Waals surface area contributed by atoms with Crippen LogP contribution < -0.4 is 0 Å². The quantitative estimate of drug-likeness (QED) is 0.421. The molecule has 0 saturated carbocycles. The summed E-state index contributed by atoms with van der Waals surface area (Å²) < 4.78 is 10.3. The first-order chi connectivity index (χ1) is 11.8. The molecule has 0 saturated heterocycles. The number of hydrogen-bond donors (Lipinski definition) is 0. The van der Waals surface area contributed by atoms with Crippen LogP contribution in [0, 0.1) is 0 Å². The molecule has 0 amide bonds. The Labute approximate surface area is 135 Å². The van der Waals surface area contributed by atoms with Gasteiger partial charge in [-0.15, -0.1) is 0 Å². The monoisotopic (exact) mass is 312 g/mol. The predicted molar refractivity (Wildman–Crippen MR) is 94.2 cm³/mol. The number of fused-ring (bicyclic) bond motifs is 8. The smallest absolute Gasteiger partial charge is 0.227 e. The van der Waals surface area contributed by atoms with E-state index in [-0.39, 0.29) is 0 Å². The molecule has 0 aliphatic heterocycles. The minimum absolute atomic E-state index is 0.675. The highest BCUT2D eigenvalue weighted by molar-refractivity contribution is 6.09. The molecular formula is C19H12N4O. The van der Waals surface area contributed by atoms with Gasteiger partial charge in [0.1, 0.15) is 5.58 Å². The van der Waals surface area contributed by atoms with Gasteiger partial charge in [0.25, 0.3) is 0 Å². The molecule has 0 unspecified atom stereocenters. The van der Waals surface area contributed by atoms with E-state index >= 15 is 0 Å². The SMILES string of the molecule is Cn1c2cc3c(cc2n2c4ccccc4nc12)oc1ncccc13. The minimum Gasteiger partial charge on any atom is -0.438 e. The number of para-hydroxylation sites is 2. The topological polar surface area (TPSA) is 48.3 Å². The fourth-order valence-electron chi connectivity index (χ4n) is 3.67. The fourth-order valence-corrected chi connectivity index (χ4v) is 3.67. The molecule has 0 bridgehead atoms. The average Bonchev–Trinajstić information content (AvgIpc) is 3.24. The summed E-state index contributed by atoms with van der Waals surface area (Å²) in [7, 11) is 2.05. The van der Waals surface area contributed by atoms with Crippen LogP contribution in [0.15, 0.2) is 59.1 Å². The molecule has 0 spiro atoms. The summed E-state index contributed by atoms with van der Waals surface area (Å²) in [6.45, 7) is 0. The van der Waals surface area contributed by atoms with Gasteiger partial charge in [0, 0.05) is 30.1 Å². The molecule has 0 fully saturated rings. The highest BCUT2D eigenvalue weighted by Crippen LogP contribution is 2.33. The lowest BCUT2D eigenvalue weighted by molar-refractivity contribution is 0.654. The first-order valence-corrected chi connectivity index (χ1v) is 7.84. The standard InChI is InChI=1S/C19H12N4O/c1-22-15-9-12-11-5-4-8-20-18(11)24-17(12)10-16(15)23-14-7-3-2-6-13(14)21-19(22)23/h2-10H,1H3. The minimum atomic E-state index is 0.675. The molecule has 5 heteroatoms. The number of aromatic nitrogens is 4. The van der Waals surface area contributed by atoms with Crippen molar-refractivity contribution in [1.82, 2.24) is 18.9 Å². The van der Waals surface area contributed by atoms with Gasteiger partial charge in [-0.2, -0.15) is 0 Å². The zero-order chi connectivity index (χ0) is 15.8. The molecular weight excluding hydrogens is 300 g/mol. The second kappa shape index (κ2) is 3.94. The maximum atomic E-state index is 5.95. The van der Waals surface area contributed by atoms with Gasteiger partial charge in [-0.3, -0.25) is 4.40 Å². The van der Waals surface area contributed by atoms with Gasteiger partial charge < -0.3 is 8.98 Å². The highest BCUT2D eigenvalue weighted by atomic mass is 16.3.